The summed E-state index contributed by atoms with van der Waals surface area (Å²) >= 11 is 0. The topological polar surface area (TPSA) is 86.5 Å². The van der Waals surface area contributed by atoms with Gasteiger partial charge < -0.3 is 19.3 Å². The lowest BCUT2D eigenvalue weighted by Crippen LogP contribution is -2.28. The normalized spacial score (nSPS) is 12.9. The van der Waals surface area contributed by atoms with Crippen LogP contribution in [0.5, 0.6) is 11.5 Å². The third-order valence-corrected chi connectivity index (χ3v) is 4.94. The zero-order valence-electron chi connectivity index (χ0n) is 16.3. The predicted octanol–water partition coefficient (Wildman–Crippen LogP) is 3.32. The van der Waals surface area contributed by atoms with Crippen LogP contribution < -0.4 is 14.8 Å². The van der Waals surface area contributed by atoms with E-state index in [1.54, 1.807) is 7.11 Å². The van der Waals surface area contributed by atoms with Crippen LogP contribution in [0.4, 0.5) is 0 Å². The second-order valence-electron chi connectivity index (χ2n) is 6.94. The average molecular weight is 393 g/mol. The van der Waals surface area contributed by atoms with E-state index in [0.717, 1.165) is 29.9 Å². The molecular formula is C22H23N3O4. The molecule has 0 saturated carbocycles. The van der Waals surface area contributed by atoms with Crippen molar-refractivity contribution < 1.29 is 18.8 Å². The lowest BCUT2D eigenvalue weighted by atomic mass is 9.92. The van der Waals surface area contributed by atoms with Crippen molar-refractivity contribution >= 4 is 5.91 Å². The number of fused-ring (bicyclic) bond motifs is 1. The number of hydrogen-bond donors (Lipinski definition) is 1. The summed E-state index contributed by atoms with van der Waals surface area (Å²) in [5, 5.41) is 6.68. The van der Waals surface area contributed by atoms with Gasteiger partial charge in [-0.25, -0.2) is 0 Å². The molecule has 0 unspecified atom stereocenters. The van der Waals surface area contributed by atoms with Crippen molar-refractivity contribution in [1.29, 1.82) is 0 Å². The molecule has 2 aromatic carbocycles. The Kier molecular flexibility index (Phi) is 5.74. The Morgan fingerprint density at radius 2 is 1.83 bits per heavy atom. The highest BCUT2D eigenvalue weighted by Gasteiger charge is 2.12. The summed E-state index contributed by atoms with van der Waals surface area (Å²) in [7, 11) is 1.61. The summed E-state index contributed by atoms with van der Waals surface area (Å²) in [6, 6.07) is 13.4. The number of ether oxygens (including phenoxy) is 2. The van der Waals surface area contributed by atoms with Gasteiger partial charge in [0.2, 0.25) is 11.7 Å². The van der Waals surface area contributed by atoms with Crippen molar-refractivity contribution in [3.8, 4) is 22.9 Å². The van der Waals surface area contributed by atoms with Gasteiger partial charge in [0.1, 0.15) is 11.5 Å². The van der Waals surface area contributed by atoms with Gasteiger partial charge >= 0.3 is 0 Å². The van der Waals surface area contributed by atoms with Crippen LogP contribution >= 0.6 is 0 Å². The quantitative estimate of drug-likeness (QED) is 0.663. The van der Waals surface area contributed by atoms with Crippen LogP contribution in [0, 0.1) is 0 Å². The highest BCUT2D eigenvalue weighted by Crippen LogP contribution is 2.25. The molecule has 4 rings (SSSR count). The molecule has 29 heavy (non-hydrogen) atoms. The second-order valence-corrected chi connectivity index (χ2v) is 6.94. The van der Waals surface area contributed by atoms with E-state index >= 15 is 0 Å². The summed E-state index contributed by atoms with van der Waals surface area (Å²) in [6.45, 7) is 0.0911. The molecule has 1 aromatic heterocycles. The van der Waals surface area contributed by atoms with E-state index in [9.17, 15) is 4.79 Å². The van der Waals surface area contributed by atoms with Crippen molar-refractivity contribution in [2.24, 2.45) is 0 Å². The molecule has 1 heterocycles. The molecule has 150 valence electrons. The highest BCUT2D eigenvalue weighted by atomic mass is 16.5. The van der Waals surface area contributed by atoms with Crippen LogP contribution in [-0.4, -0.2) is 29.8 Å². The minimum Gasteiger partial charge on any atom is -0.497 e. The van der Waals surface area contributed by atoms with E-state index in [1.165, 1.54) is 24.0 Å². The molecule has 0 spiro atoms. The van der Waals surface area contributed by atoms with Gasteiger partial charge in [-0.2, -0.15) is 4.98 Å². The van der Waals surface area contributed by atoms with E-state index in [4.69, 9.17) is 14.0 Å². The van der Waals surface area contributed by atoms with Crippen molar-refractivity contribution in [2.75, 3.05) is 13.7 Å². The second kappa shape index (κ2) is 8.77. The maximum atomic E-state index is 12.1. The van der Waals surface area contributed by atoms with E-state index in [0.29, 0.717) is 11.7 Å². The average Bonchev–Trinajstić information content (AvgIpc) is 3.25. The Hall–Kier alpha value is -3.35. The first-order valence-corrected chi connectivity index (χ1v) is 9.69. The fourth-order valence-electron chi connectivity index (χ4n) is 3.36. The van der Waals surface area contributed by atoms with E-state index in [-0.39, 0.29) is 19.1 Å². The molecule has 0 radical (unpaired) electrons. The molecule has 0 saturated heterocycles. The van der Waals surface area contributed by atoms with Crippen LogP contribution in [0.3, 0.4) is 0 Å². The summed E-state index contributed by atoms with van der Waals surface area (Å²) < 4.78 is 16.0. The molecule has 7 heteroatoms. The summed E-state index contributed by atoms with van der Waals surface area (Å²) in [5.74, 6) is 2.02. The van der Waals surface area contributed by atoms with Crippen molar-refractivity contribution in [3.05, 3.63) is 59.5 Å². The number of benzene rings is 2. The number of amides is 1. The molecule has 1 N–H and O–H groups in total. The molecule has 0 fully saturated rings. The van der Waals surface area contributed by atoms with Crippen LogP contribution in [0.25, 0.3) is 11.4 Å². The standard InChI is InChI=1S/C22H23N3O4/c1-27-18-9-7-16(8-10-18)22-24-21(29-25-22)13-23-20(26)14-28-19-11-6-15-4-2-3-5-17(15)12-19/h6-12H,2-5,13-14H2,1H3,(H,23,26). The molecule has 0 bridgehead atoms. The SMILES string of the molecule is COc1ccc(-c2noc(CNC(=O)COc3ccc4c(c3)CCCC4)n2)cc1. The molecule has 1 aliphatic carbocycles. The first kappa shape index (κ1) is 19.0. The Morgan fingerprint density at radius 1 is 1.07 bits per heavy atom. The fourth-order valence-corrected chi connectivity index (χ4v) is 3.36. The lowest BCUT2D eigenvalue weighted by Gasteiger charge is -2.16. The lowest BCUT2D eigenvalue weighted by molar-refractivity contribution is -0.123. The molecule has 0 atom stereocenters. The molecule has 7 nitrogen and oxygen atoms in total. The van der Waals surface area contributed by atoms with Crippen molar-refractivity contribution in [2.45, 2.75) is 32.2 Å². The molecule has 1 aliphatic rings. The third-order valence-electron chi connectivity index (χ3n) is 4.94. The van der Waals surface area contributed by atoms with Gasteiger partial charge in [0.05, 0.1) is 13.7 Å². The van der Waals surface area contributed by atoms with Gasteiger partial charge in [0, 0.05) is 5.56 Å². The maximum absolute atomic E-state index is 12.1. The van der Waals surface area contributed by atoms with E-state index in [2.05, 4.69) is 21.5 Å². The Labute approximate surface area is 169 Å². The number of nitrogens with zero attached hydrogens (tertiary/aromatic N) is 2. The maximum Gasteiger partial charge on any atom is 0.258 e. The van der Waals surface area contributed by atoms with Gasteiger partial charge in [-0.3, -0.25) is 4.79 Å². The van der Waals surface area contributed by atoms with Crippen LogP contribution in [0.15, 0.2) is 47.0 Å². The fraction of sp³-hybridized carbons (Fsp3) is 0.318. The number of carbonyl (C=O) groups is 1. The van der Waals surface area contributed by atoms with Crippen LogP contribution in [0.2, 0.25) is 0 Å². The molecule has 3 aromatic rings. The van der Waals surface area contributed by atoms with Crippen LogP contribution in [-0.2, 0) is 24.2 Å². The number of methoxy groups -OCH3 is 1. The molecule has 1 amide bonds. The number of aromatic nitrogens is 2. The van der Waals surface area contributed by atoms with Gasteiger partial charge in [0.15, 0.2) is 6.61 Å². The Morgan fingerprint density at radius 3 is 2.62 bits per heavy atom. The van der Waals surface area contributed by atoms with Gasteiger partial charge in [0.25, 0.3) is 5.91 Å². The van der Waals surface area contributed by atoms with E-state index in [1.807, 2.05) is 36.4 Å². The largest absolute Gasteiger partial charge is 0.497 e. The van der Waals surface area contributed by atoms with Crippen LogP contribution in [0.1, 0.15) is 29.9 Å². The van der Waals surface area contributed by atoms with Gasteiger partial charge in [-0.1, -0.05) is 11.2 Å². The van der Waals surface area contributed by atoms with Gasteiger partial charge in [-0.15, -0.1) is 0 Å². The van der Waals surface area contributed by atoms with Gasteiger partial charge in [-0.05, 0) is 73.2 Å². The first-order chi connectivity index (χ1) is 14.2. The number of rotatable bonds is 7. The highest BCUT2D eigenvalue weighted by molar-refractivity contribution is 5.77. The molecule has 0 aliphatic heterocycles. The van der Waals surface area contributed by atoms with E-state index < -0.39 is 0 Å². The zero-order chi connectivity index (χ0) is 20.1. The summed E-state index contributed by atoms with van der Waals surface area (Å²) in [5.41, 5.74) is 3.52. The first-order valence-electron chi connectivity index (χ1n) is 9.69. The third kappa shape index (κ3) is 4.74. The number of carbonyl (C=O) groups excluding carboxylic acids is 1. The molecular weight excluding hydrogens is 370 g/mol. The zero-order valence-corrected chi connectivity index (χ0v) is 16.3. The summed E-state index contributed by atoms with van der Waals surface area (Å²) in [6.07, 6.45) is 4.65. The Balaban J connectivity index is 1.27. The number of nitrogens with one attached hydrogen (secondary N) is 1. The minimum atomic E-state index is -0.244. The number of aryl methyl sites for hydroxylation is 2. The smallest absolute Gasteiger partial charge is 0.258 e. The minimum absolute atomic E-state index is 0.0573. The van der Waals surface area contributed by atoms with Crippen molar-refractivity contribution in [3.63, 3.8) is 0 Å². The predicted molar refractivity (Wildman–Crippen MR) is 107 cm³/mol. The van der Waals surface area contributed by atoms with Crippen molar-refractivity contribution in [1.82, 2.24) is 15.5 Å². The Bertz CT molecular complexity index is 982. The summed E-state index contributed by atoms with van der Waals surface area (Å²) in [4.78, 5) is 16.4. The monoisotopic (exact) mass is 393 g/mol. The number of hydrogen-bond acceptors (Lipinski definition) is 6.